The van der Waals surface area contributed by atoms with E-state index in [0.717, 1.165) is 11.1 Å². The molecule has 0 bridgehead atoms. The fourth-order valence-electron chi connectivity index (χ4n) is 2.06. The van der Waals surface area contributed by atoms with Gasteiger partial charge in [0.25, 0.3) is 0 Å². The van der Waals surface area contributed by atoms with Crippen molar-refractivity contribution in [1.29, 1.82) is 0 Å². The Morgan fingerprint density at radius 2 is 1.35 bits per heavy atom. The Morgan fingerprint density at radius 1 is 0.870 bits per heavy atom. The van der Waals surface area contributed by atoms with Gasteiger partial charge in [-0.25, -0.2) is 0 Å². The molecule has 0 aromatic heterocycles. The SMILES string of the molecule is O=C(NCc1ccccc1)[C@@H](NCc1ccccc1)C(Cl)(Cl)Cl. The van der Waals surface area contributed by atoms with Gasteiger partial charge in [0.15, 0.2) is 0 Å². The largest absolute Gasteiger partial charge is 0.351 e. The Balaban J connectivity index is 1.96. The molecule has 3 nitrogen and oxygen atoms in total. The summed E-state index contributed by atoms with van der Waals surface area (Å²) in [5.74, 6) is -0.357. The number of alkyl halides is 3. The van der Waals surface area contributed by atoms with Gasteiger partial charge in [0.05, 0.1) is 0 Å². The van der Waals surface area contributed by atoms with Crippen molar-refractivity contribution in [1.82, 2.24) is 10.6 Å². The van der Waals surface area contributed by atoms with E-state index in [4.69, 9.17) is 34.8 Å². The third-order valence-corrected chi connectivity index (χ3v) is 3.91. The van der Waals surface area contributed by atoms with Crippen LogP contribution in [0.4, 0.5) is 0 Å². The van der Waals surface area contributed by atoms with Gasteiger partial charge < -0.3 is 5.32 Å². The average molecular weight is 372 g/mol. The first kappa shape index (κ1) is 18.1. The summed E-state index contributed by atoms with van der Waals surface area (Å²) in [5.41, 5.74) is 1.98. The summed E-state index contributed by atoms with van der Waals surface area (Å²) in [4.78, 5) is 12.4. The van der Waals surface area contributed by atoms with E-state index >= 15 is 0 Å². The number of carbonyl (C=O) groups is 1. The molecule has 0 radical (unpaired) electrons. The number of hydrogen-bond acceptors (Lipinski definition) is 2. The molecule has 0 saturated heterocycles. The fraction of sp³-hybridized carbons (Fsp3) is 0.235. The maximum absolute atomic E-state index is 12.4. The normalized spacial score (nSPS) is 12.7. The van der Waals surface area contributed by atoms with Crippen molar-refractivity contribution in [2.24, 2.45) is 0 Å². The van der Waals surface area contributed by atoms with E-state index in [-0.39, 0.29) is 5.91 Å². The molecule has 0 spiro atoms. The Kier molecular flexibility index (Phi) is 6.72. The molecule has 2 aromatic rings. The van der Waals surface area contributed by atoms with Crippen LogP contribution in [0.2, 0.25) is 0 Å². The van der Waals surface area contributed by atoms with Crippen molar-refractivity contribution in [2.75, 3.05) is 0 Å². The second kappa shape index (κ2) is 8.55. The van der Waals surface area contributed by atoms with Crippen LogP contribution in [-0.2, 0) is 17.9 Å². The van der Waals surface area contributed by atoms with Crippen LogP contribution in [0.5, 0.6) is 0 Å². The molecule has 2 N–H and O–H groups in total. The van der Waals surface area contributed by atoms with Crippen LogP contribution < -0.4 is 10.6 Å². The number of hydrogen-bond donors (Lipinski definition) is 2. The lowest BCUT2D eigenvalue weighted by Gasteiger charge is -2.24. The van der Waals surface area contributed by atoms with Crippen LogP contribution in [-0.4, -0.2) is 15.7 Å². The van der Waals surface area contributed by atoms with Gasteiger partial charge in [0.1, 0.15) is 6.04 Å². The standard InChI is InChI=1S/C17H17Cl3N2O/c18-17(19,20)15(21-11-13-7-3-1-4-8-13)16(23)22-12-14-9-5-2-6-10-14/h1-10,15,21H,11-12H2,(H,22,23)/t15-/m1/s1. The van der Waals surface area contributed by atoms with Crippen LogP contribution in [0, 0.1) is 0 Å². The number of amides is 1. The number of rotatable bonds is 6. The van der Waals surface area contributed by atoms with Crippen molar-refractivity contribution in [3.05, 3.63) is 71.8 Å². The summed E-state index contributed by atoms with van der Waals surface area (Å²) in [6.45, 7) is 0.808. The Hall–Kier alpha value is -1.26. The highest BCUT2D eigenvalue weighted by Gasteiger charge is 2.37. The molecule has 1 atom stereocenters. The second-order valence-electron chi connectivity index (χ2n) is 5.04. The molecule has 6 heteroatoms. The van der Waals surface area contributed by atoms with E-state index in [2.05, 4.69) is 10.6 Å². The molecule has 1 amide bonds. The summed E-state index contributed by atoms with van der Waals surface area (Å²) in [6, 6.07) is 18.2. The van der Waals surface area contributed by atoms with Crippen LogP contribution >= 0.6 is 34.8 Å². The van der Waals surface area contributed by atoms with Gasteiger partial charge in [-0.1, -0.05) is 95.5 Å². The van der Waals surface area contributed by atoms with E-state index in [1.807, 2.05) is 60.7 Å². The van der Waals surface area contributed by atoms with Crippen LogP contribution in [0.1, 0.15) is 11.1 Å². The molecule has 23 heavy (non-hydrogen) atoms. The summed E-state index contributed by atoms with van der Waals surface area (Å²) in [5, 5.41) is 5.79. The van der Waals surface area contributed by atoms with Gasteiger partial charge >= 0.3 is 0 Å². The van der Waals surface area contributed by atoms with Gasteiger partial charge in [-0.3, -0.25) is 10.1 Å². The van der Waals surface area contributed by atoms with E-state index in [1.54, 1.807) is 0 Å². The molecule has 0 aliphatic rings. The maximum atomic E-state index is 12.4. The average Bonchev–Trinajstić information content (AvgIpc) is 2.54. The zero-order valence-electron chi connectivity index (χ0n) is 12.3. The van der Waals surface area contributed by atoms with E-state index in [0.29, 0.717) is 13.1 Å². The lowest BCUT2D eigenvalue weighted by atomic mass is 10.2. The zero-order chi connectivity index (χ0) is 16.7. The molecule has 0 unspecified atom stereocenters. The highest BCUT2D eigenvalue weighted by molar-refractivity contribution is 6.69. The van der Waals surface area contributed by atoms with Crippen molar-refractivity contribution in [3.8, 4) is 0 Å². The number of halogens is 3. The van der Waals surface area contributed by atoms with E-state index in [1.165, 1.54) is 0 Å². The van der Waals surface area contributed by atoms with E-state index in [9.17, 15) is 4.79 Å². The molecular weight excluding hydrogens is 355 g/mol. The molecular formula is C17H17Cl3N2O. The Morgan fingerprint density at radius 3 is 1.83 bits per heavy atom. The Labute approximate surface area is 150 Å². The predicted octanol–water partition coefficient (Wildman–Crippen LogP) is 3.83. The predicted molar refractivity (Wildman–Crippen MR) is 95.6 cm³/mol. The summed E-state index contributed by atoms with van der Waals surface area (Å²) in [6.07, 6.45) is 0. The van der Waals surface area contributed by atoms with Gasteiger partial charge in [0.2, 0.25) is 9.70 Å². The van der Waals surface area contributed by atoms with Gasteiger partial charge in [-0.05, 0) is 11.1 Å². The molecule has 2 rings (SSSR count). The van der Waals surface area contributed by atoms with Crippen molar-refractivity contribution >= 4 is 40.7 Å². The maximum Gasteiger partial charge on any atom is 0.241 e. The minimum absolute atomic E-state index is 0.357. The summed E-state index contributed by atoms with van der Waals surface area (Å²) < 4.78 is -1.74. The Bertz CT molecular complexity index is 615. The monoisotopic (exact) mass is 370 g/mol. The lowest BCUT2D eigenvalue weighted by molar-refractivity contribution is -0.123. The first-order valence-corrected chi connectivity index (χ1v) is 8.26. The van der Waals surface area contributed by atoms with Gasteiger partial charge in [-0.15, -0.1) is 0 Å². The molecule has 0 aliphatic heterocycles. The smallest absolute Gasteiger partial charge is 0.241 e. The third-order valence-electron chi connectivity index (χ3n) is 3.25. The van der Waals surface area contributed by atoms with E-state index < -0.39 is 9.83 Å². The molecule has 0 aliphatic carbocycles. The lowest BCUT2D eigenvalue weighted by Crippen LogP contribution is -2.51. The van der Waals surface area contributed by atoms with Crippen LogP contribution in [0.25, 0.3) is 0 Å². The van der Waals surface area contributed by atoms with Gasteiger partial charge in [-0.2, -0.15) is 0 Å². The zero-order valence-corrected chi connectivity index (χ0v) is 14.6. The first-order chi connectivity index (χ1) is 11.0. The number of carbonyl (C=O) groups excluding carboxylic acids is 1. The minimum Gasteiger partial charge on any atom is -0.351 e. The van der Waals surface area contributed by atoms with Crippen molar-refractivity contribution in [2.45, 2.75) is 22.9 Å². The second-order valence-corrected chi connectivity index (χ2v) is 7.41. The number of benzene rings is 2. The van der Waals surface area contributed by atoms with Crippen LogP contribution in [0.3, 0.4) is 0 Å². The molecule has 0 heterocycles. The summed E-state index contributed by atoms with van der Waals surface area (Å²) in [7, 11) is 0. The minimum atomic E-state index is -1.74. The van der Waals surface area contributed by atoms with Gasteiger partial charge in [0, 0.05) is 13.1 Å². The topological polar surface area (TPSA) is 41.1 Å². The third kappa shape index (κ3) is 6.04. The highest BCUT2D eigenvalue weighted by atomic mass is 35.6. The first-order valence-electron chi connectivity index (χ1n) is 7.12. The molecule has 122 valence electrons. The fourth-order valence-corrected chi connectivity index (χ4v) is 2.59. The number of nitrogens with one attached hydrogen (secondary N) is 2. The van der Waals surface area contributed by atoms with Crippen molar-refractivity contribution in [3.63, 3.8) is 0 Å². The molecule has 0 saturated carbocycles. The highest BCUT2D eigenvalue weighted by Crippen LogP contribution is 2.30. The summed E-state index contributed by atoms with van der Waals surface area (Å²) >= 11 is 17.8. The van der Waals surface area contributed by atoms with Crippen molar-refractivity contribution < 1.29 is 4.79 Å². The molecule has 0 fully saturated rings. The molecule has 2 aromatic carbocycles. The quantitative estimate of drug-likeness (QED) is 0.758. The van der Waals surface area contributed by atoms with Crippen LogP contribution in [0.15, 0.2) is 60.7 Å².